The number of carbonyl (C=O) groups is 2. The summed E-state index contributed by atoms with van der Waals surface area (Å²) < 4.78 is 5.51. The molecule has 0 aliphatic carbocycles. The van der Waals surface area contributed by atoms with Crippen molar-refractivity contribution in [1.29, 1.82) is 0 Å². The number of carbonyl (C=O) groups excluding carboxylic acids is 1. The van der Waals surface area contributed by atoms with E-state index in [-0.39, 0.29) is 5.91 Å². The van der Waals surface area contributed by atoms with Gasteiger partial charge >= 0.3 is 5.97 Å². The monoisotopic (exact) mass is 305 g/mol. The second-order valence-corrected chi connectivity index (χ2v) is 5.94. The van der Waals surface area contributed by atoms with Crippen molar-refractivity contribution in [2.75, 3.05) is 11.6 Å². The van der Waals surface area contributed by atoms with Gasteiger partial charge in [0.05, 0.1) is 18.1 Å². The standard InChI is InChI=1S/C15H15NO4S/c1-21-9-4-2-3-8(7-9)16-14(17)12-10-5-6-11(20-10)13(12)15(18)19/h2-7,10-13H,1H3,(H,16,17)(H,18,19)/t10-,11+,12-,13-/m0/s1. The van der Waals surface area contributed by atoms with Crippen LogP contribution in [0, 0.1) is 11.8 Å². The van der Waals surface area contributed by atoms with Crippen molar-refractivity contribution in [3.63, 3.8) is 0 Å². The molecule has 6 heteroatoms. The molecule has 0 unspecified atom stereocenters. The molecule has 2 aliphatic rings. The van der Waals surface area contributed by atoms with Crippen LogP contribution in [0.1, 0.15) is 0 Å². The van der Waals surface area contributed by atoms with E-state index >= 15 is 0 Å². The summed E-state index contributed by atoms with van der Waals surface area (Å²) in [4.78, 5) is 24.8. The lowest BCUT2D eigenvalue weighted by Gasteiger charge is -2.21. The number of rotatable bonds is 4. The quantitative estimate of drug-likeness (QED) is 0.657. The molecule has 0 spiro atoms. The fraction of sp³-hybridized carbons (Fsp3) is 0.333. The number of hydrogen-bond donors (Lipinski definition) is 2. The molecular weight excluding hydrogens is 290 g/mol. The summed E-state index contributed by atoms with van der Waals surface area (Å²) in [6.07, 6.45) is 4.50. The van der Waals surface area contributed by atoms with E-state index in [1.54, 1.807) is 30.0 Å². The SMILES string of the molecule is CSc1cccc(NC(=O)[C@@H]2[C@@H](C(=O)O)[C@H]3C=C[C@@H]2O3)c1. The zero-order chi connectivity index (χ0) is 15.0. The van der Waals surface area contributed by atoms with Crippen LogP contribution in [-0.4, -0.2) is 35.4 Å². The van der Waals surface area contributed by atoms with Crippen molar-refractivity contribution in [3.05, 3.63) is 36.4 Å². The molecule has 2 N–H and O–H groups in total. The fourth-order valence-corrected chi connectivity index (χ4v) is 3.30. The van der Waals surface area contributed by atoms with E-state index in [2.05, 4.69) is 5.32 Å². The van der Waals surface area contributed by atoms with Crippen LogP contribution < -0.4 is 5.32 Å². The first kappa shape index (κ1) is 14.2. The van der Waals surface area contributed by atoms with Crippen LogP contribution in [0.25, 0.3) is 0 Å². The average molecular weight is 305 g/mol. The fourth-order valence-electron chi connectivity index (χ4n) is 2.84. The predicted molar refractivity (Wildman–Crippen MR) is 79.3 cm³/mol. The van der Waals surface area contributed by atoms with Gasteiger partial charge in [0.15, 0.2) is 0 Å². The Morgan fingerprint density at radius 1 is 1.24 bits per heavy atom. The Bertz CT molecular complexity index is 615. The molecule has 1 amide bonds. The third kappa shape index (κ3) is 2.56. The van der Waals surface area contributed by atoms with Gasteiger partial charge < -0.3 is 15.2 Å². The van der Waals surface area contributed by atoms with Crippen molar-refractivity contribution in [2.45, 2.75) is 17.1 Å². The Morgan fingerprint density at radius 2 is 1.95 bits per heavy atom. The highest BCUT2D eigenvalue weighted by Crippen LogP contribution is 2.39. The lowest BCUT2D eigenvalue weighted by atomic mass is 9.82. The number of carboxylic acid groups (broad SMARTS) is 1. The van der Waals surface area contributed by atoms with Crippen LogP contribution in [0.5, 0.6) is 0 Å². The third-order valence-corrected chi connectivity index (χ3v) is 4.55. The van der Waals surface area contributed by atoms with Crippen molar-refractivity contribution in [3.8, 4) is 0 Å². The molecule has 110 valence electrons. The van der Waals surface area contributed by atoms with E-state index in [0.717, 1.165) is 4.90 Å². The van der Waals surface area contributed by atoms with Crippen molar-refractivity contribution in [2.24, 2.45) is 11.8 Å². The molecule has 1 saturated heterocycles. The highest BCUT2D eigenvalue weighted by atomic mass is 32.2. The maximum absolute atomic E-state index is 12.4. The van der Waals surface area contributed by atoms with Gasteiger partial charge in [-0.1, -0.05) is 18.2 Å². The molecule has 2 bridgehead atoms. The van der Waals surface area contributed by atoms with E-state index < -0.39 is 30.0 Å². The van der Waals surface area contributed by atoms with Crippen molar-refractivity contribution >= 4 is 29.3 Å². The lowest BCUT2D eigenvalue weighted by Crippen LogP contribution is -2.39. The molecule has 3 rings (SSSR count). The van der Waals surface area contributed by atoms with Crippen LogP contribution in [0.3, 0.4) is 0 Å². The second-order valence-electron chi connectivity index (χ2n) is 5.06. The first-order valence-electron chi connectivity index (χ1n) is 6.61. The van der Waals surface area contributed by atoms with Gasteiger partial charge in [-0.15, -0.1) is 11.8 Å². The van der Waals surface area contributed by atoms with Crippen molar-refractivity contribution in [1.82, 2.24) is 0 Å². The molecule has 21 heavy (non-hydrogen) atoms. The Morgan fingerprint density at radius 3 is 2.62 bits per heavy atom. The molecule has 2 heterocycles. The normalized spacial score (nSPS) is 29.6. The van der Waals surface area contributed by atoms with Gasteiger partial charge in [-0.3, -0.25) is 9.59 Å². The number of aliphatic carboxylic acids is 1. The number of benzene rings is 1. The molecule has 1 fully saturated rings. The molecular formula is C15H15NO4S. The minimum absolute atomic E-state index is 0.308. The van der Waals surface area contributed by atoms with E-state index in [1.807, 2.05) is 24.5 Å². The van der Waals surface area contributed by atoms with Gasteiger partial charge in [0, 0.05) is 10.6 Å². The van der Waals surface area contributed by atoms with Crippen LogP contribution in [0.15, 0.2) is 41.3 Å². The zero-order valence-corrected chi connectivity index (χ0v) is 12.2. The summed E-state index contributed by atoms with van der Waals surface area (Å²) in [6, 6.07) is 7.45. The molecule has 0 radical (unpaired) electrons. The summed E-state index contributed by atoms with van der Waals surface area (Å²) in [7, 11) is 0. The Balaban J connectivity index is 1.78. The maximum Gasteiger partial charge on any atom is 0.310 e. The van der Waals surface area contributed by atoms with Crippen LogP contribution >= 0.6 is 11.8 Å². The second kappa shape index (κ2) is 5.54. The van der Waals surface area contributed by atoms with Gasteiger partial charge in [-0.05, 0) is 24.5 Å². The van der Waals surface area contributed by atoms with Crippen LogP contribution in [-0.2, 0) is 14.3 Å². The predicted octanol–water partition coefficient (Wildman–Crippen LogP) is 2.00. The number of nitrogens with one attached hydrogen (secondary N) is 1. The number of anilines is 1. The molecule has 1 aromatic carbocycles. The Kier molecular flexibility index (Phi) is 3.73. The van der Waals surface area contributed by atoms with Crippen LogP contribution in [0.4, 0.5) is 5.69 Å². The van der Waals surface area contributed by atoms with Gasteiger partial charge in [0.25, 0.3) is 0 Å². The topological polar surface area (TPSA) is 75.6 Å². The highest BCUT2D eigenvalue weighted by molar-refractivity contribution is 7.98. The lowest BCUT2D eigenvalue weighted by molar-refractivity contribution is -0.145. The Hall–Kier alpha value is -1.79. The number of hydrogen-bond acceptors (Lipinski definition) is 4. The van der Waals surface area contributed by atoms with E-state index in [0.29, 0.717) is 5.69 Å². The molecule has 0 saturated carbocycles. The molecule has 2 aliphatic heterocycles. The first-order valence-corrected chi connectivity index (χ1v) is 7.84. The largest absolute Gasteiger partial charge is 0.481 e. The van der Waals surface area contributed by atoms with E-state index in [4.69, 9.17) is 4.74 Å². The number of carboxylic acids is 1. The minimum Gasteiger partial charge on any atom is -0.481 e. The summed E-state index contributed by atoms with van der Waals surface area (Å²) in [5, 5.41) is 12.1. The number of ether oxygens (including phenoxy) is 1. The summed E-state index contributed by atoms with van der Waals surface area (Å²) in [5.74, 6) is -2.80. The highest BCUT2D eigenvalue weighted by Gasteiger charge is 2.53. The number of fused-ring (bicyclic) bond motifs is 2. The Labute approximate surface area is 126 Å². The minimum atomic E-state index is -0.995. The van der Waals surface area contributed by atoms with E-state index in [9.17, 15) is 14.7 Å². The summed E-state index contributed by atoms with van der Waals surface area (Å²) >= 11 is 1.58. The van der Waals surface area contributed by atoms with E-state index in [1.165, 1.54) is 0 Å². The smallest absolute Gasteiger partial charge is 0.310 e. The first-order chi connectivity index (χ1) is 10.1. The molecule has 0 aromatic heterocycles. The van der Waals surface area contributed by atoms with Crippen molar-refractivity contribution < 1.29 is 19.4 Å². The van der Waals surface area contributed by atoms with Gasteiger partial charge in [-0.2, -0.15) is 0 Å². The van der Waals surface area contributed by atoms with Gasteiger partial charge in [-0.25, -0.2) is 0 Å². The molecule has 1 aromatic rings. The third-order valence-electron chi connectivity index (χ3n) is 3.82. The summed E-state index contributed by atoms with van der Waals surface area (Å²) in [5.41, 5.74) is 0.669. The maximum atomic E-state index is 12.4. The molecule has 5 nitrogen and oxygen atoms in total. The number of amides is 1. The average Bonchev–Trinajstić information content (AvgIpc) is 3.07. The van der Waals surface area contributed by atoms with Gasteiger partial charge in [0.1, 0.15) is 5.92 Å². The van der Waals surface area contributed by atoms with Crippen LogP contribution in [0.2, 0.25) is 0 Å². The number of thioether (sulfide) groups is 1. The molecule has 4 atom stereocenters. The zero-order valence-electron chi connectivity index (χ0n) is 11.4. The van der Waals surface area contributed by atoms with Gasteiger partial charge in [0.2, 0.25) is 5.91 Å². The summed E-state index contributed by atoms with van der Waals surface area (Å²) in [6.45, 7) is 0.